The summed E-state index contributed by atoms with van der Waals surface area (Å²) in [6.07, 6.45) is 2.60. The van der Waals surface area contributed by atoms with Crippen molar-refractivity contribution in [2.45, 2.75) is 5.03 Å². The number of aromatic nitrogens is 2. The standard InChI is InChI=1S/C12H8N4O3S/c13-6-9-4-3-8(7-15-9)11(17)16-10-2-1-5-14-12(10)20(18)19/h1-5,7H,(H,16,17)(H,18,19). The Hall–Kier alpha value is -2.63. The maximum atomic E-state index is 11.9. The van der Waals surface area contributed by atoms with Gasteiger partial charge in [0.25, 0.3) is 5.91 Å². The van der Waals surface area contributed by atoms with Crippen LogP contribution in [0.5, 0.6) is 0 Å². The molecule has 0 bridgehead atoms. The van der Waals surface area contributed by atoms with Crippen LogP contribution in [-0.4, -0.2) is 24.6 Å². The number of nitrogens with one attached hydrogen (secondary N) is 1. The van der Waals surface area contributed by atoms with Gasteiger partial charge in [0.05, 0.1) is 11.3 Å². The second-order valence-electron chi connectivity index (χ2n) is 3.60. The molecule has 2 heterocycles. The number of nitrogens with zero attached hydrogens (tertiary/aromatic N) is 3. The first-order valence-electron chi connectivity index (χ1n) is 5.35. The molecule has 2 aromatic heterocycles. The maximum absolute atomic E-state index is 11.9. The van der Waals surface area contributed by atoms with Crippen molar-refractivity contribution in [3.8, 4) is 6.07 Å². The number of anilines is 1. The van der Waals surface area contributed by atoms with Crippen LogP contribution in [0, 0.1) is 11.3 Å². The molecule has 0 aromatic carbocycles. The van der Waals surface area contributed by atoms with E-state index in [0.29, 0.717) is 0 Å². The number of amides is 1. The van der Waals surface area contributed by atoms with Gasteiger partial charge in [0.1, 0.15) is 11.8 Å². The highest BCUT2D eigenvalue weighted by Crippen LogP contribution is 2.16. The Morgan fingerprint density at radius 2 is 2.15 bits per heavy atom. The fourth-order valence-electron chi connectivity index (χ4n) is 1.41. The van der Waals surface area contributed by atoms with E-state index in [9.17, 15) is 9.00 Å². The molecule has 2 rings (SSSR count). The number of nitriles is 1. The lowest BCUT2D eigenvalue weighted by Gasteiger charge is -2.07. The molecule has 1 atom stereocenters. The largest absolute Gasteiger partial charge is 0.319 e. The number of hydrogen-bond donors (Lipinski definition) is 2. The van der Waals surface area contributed by atoms with Crippen LogP contribution < -0.4 is 5.32 Å². The summed E-state index contributed by atoms with van der Waals surface area (Å²) in [6, 6.07) is 7.68. The van der Waals surface area contributed by atoms with E-state index < -0.39 is 17.0 Å². The topological polar surface area (TPSA) is 116 Å². The van der Waals surface area contributed by atoms with E-state index in [4.69, 9.17) is 9.81 Å². The fraction of sp³-hybridized carbons (Fsp3) is 0. The number of carbonyl (C=O) groups is 1. The molecular formula is C12H8N4O3S. The summed E-state index contributed by atoms with van der Waals surface area (Å²) >= 11 is -2.30. The third kappa shape index (κ3) is 3.03. The predicted octanol–water partition coefficient (Wildman–Crippen LogP) is 1.18. The second kappa shape index (κ2) is 6.01. The number of pyridine rings is 2. The predicted molar refractivity (Wildman–Crippen MR) is 70.2 cm³/mol. The molecule has 0 radical (unpaired) electrons. The van der Waals surface area contributed by atoms with Crippen molar-refractivity contribution < 1.29 is 13.6 Å². The first-order chi connectivity index (χ1) is 9.61. The zero-order valence-electron chi connectivity index (χ0n) is 9.98. The maximum Gasteiger partial charge on any atom is 0.257 e. The molecule has 2 N–H and O–H groups in total. The first kappa shape index (κ1) is 13.8. The van der Waals surface area contributed by atoms with Gasteiger partial charge in [-0.2, -0.15) is 5.26 Å². The average molecular weight is 288 g/mol. The van der Waals surface area contributed by atoms with Crippen LogP contribution in [0.15, 0.2) is 41.7 Å². The van der Waals surface area contributed by atoms with Crippen molar-refractivity contribution in [3.63, 3.8) is 0 Å². The summed E-state index contributed by atoms with van der Waals surface area (Å²) in [4.78, 5) is 19.4. The number of hydrogen-bond acceptors (Lipinski definition) is 5. The van der Waals surface area contributed by atoms with E-state index in [2.05, 4.69) is 15.3 Å². The average Bonchev–Trinajstić information content (AvgIpc) is 2.47. The van der Waals surface area contributed by atoms with E-state index in [1.54, 1.807) is 0 Å². The monoisotopic (exact) mass is 288 g/mol. The lowest BCUT2D eigenvalue weighted by Crippen LogP contribution is -2.14. The van der Waals surface area contributed by atoms with Gasteiger partial charge >= 0.3 is 0 Å². The van der Waals surface area contributed by atoms with E-state index in [0.717, 1.165) is 0 Å². The second-order valence-corrected chi connectivity index (χ2v) is 4.49. The van der Waals surface area contributed by atoms with Crippen molar-refractivity contribution in [2.24, 2.45) is 0 Å². The highest BCUT2D eigenvalue weighted by Gasteiger charge is 2.13. The molecule has 1 amide bonds. The normalized spacial score (nSPS) is 11.4. The van der Waals surface area contributed by atoms with Gasteiger partial charge in [0.15, 0.2) is 5.03 Å². The van der Waals surface area contributed by atoms with E-state index >= 15 is 0 Å². The van der Waals surface area contributed by atoms with Gasteiger partial charge < -0.3 is 9.87 Å². The minimum atomic E-state index is -2.30. The number of rotatable bonds is 3. The summed E-state index contributed by atoms with van der Waals surface area (Å²) in [5.41, 5.74) is 0.560. The van der Waals surface area contributed by atoms with Gasteiger partial charge in [-0.1, -0.05) is 0 Å². The molecular weight excluding hydrogens is 280 g/mol. The summed E-state index contributed by atoms with van der Waals surface area (Å²) in [6.45, 7) is 0. The van der Waals surface area contributed by atoms with Crippen LogP contribution in [0.25, 0.3) is 0 Å². The molecule has 0 aliphatic heterocycles. The van der Waals surface area contributed by atoms with Crippen molar-refractivity contribution in [1.82, 2.24) is 9.97 Å². The van der Waals surface area contributed by atoms with Crippen LogP contribution >= 0.6 is 0 Å². The Morgan fingerprint density at radius 1 is 1.35 bits per heavy atom. The van der Waals surface area contributed by atoms with Gasteiger partial charge in [-0.25, -0.2) is 14.2 Å². The number of carbonyl (C=O) groups excluding carboxylic acids is 1. The molecule has 0 aliphatic carbocycles. The van der Waals surface area contributed by atoms with Crippen LogP contribution in [0.2, 0.25) is 0 Å². The molecule has 1 unspecified atom stereocenters. The first-order valence-corrected chi connectivity index (χ1v) is 6.46. The lowest BCUT2D eigenvalue weighted by molar-refractivity contribution is 0.102. The van der Waals surface area contributed by atoms with Crippen molar-refractivity contribution in [2.75, 3.05) is 5.32 Å². The van der Waals surface area contributed by atoms with E-state index in [1.165, 1.54) is 36.7 Å². The molecule has 0 spiro atoms. The highest BCUT2D eigenvalue weighted by atomic mass is 32.2. The highest BCUT2D eigenvalue weighted by molar-refractivity contribution is 7.79. The van der Waals surface area contributed by atoms with Crippen molar-refractivity contribution in [1.29, 1.82) is 5.26 Å². The van der Waals surface area contributed by atoms with Crippen molar-refractivity contribution >= 4 is 22.7 Å². The third-order valence-electron chi connectivity index (χ3n) is 2.32. The van der Waals surface area contributed by atoms with E-state index in [-0.39, 0.29) is 22.0 Å². The van der Waals surface area contributed by atoms with Crippen LogP contribution in [0.1, 0.15) is 16.1 Å². The Kier molecular flexibility index (Phi) is 4.14. The van der Waals surface area contributed by atoms with Gasteiger partial charge in [0.2, 0.25) is 11.1 Å². The molecule has 20 heavy (non-hydrogen) atoms. The molecule has 0 fully saturated rings. The molecule has 0 aliphatic rings. The Balaban J connectivity index is 2.23. The summed E-state index contributed by atoms with van der Waals surface area (Å²) in [5, 5.41) is 10.9. The smallest absolute Gasteiger partial charge is 0.257 e. The zero-order valence-corrected chi connectivity index (χ0v) is 10.8. The quantitative estimate of drug-likeness (QED) is 0.819. The lowest BCUT2D eigenvalue weighted by atomic mass is 10.2. The minimum Gasteiger partial charge on any atom is -0.319 e. The van der Waals surface area contributed by atoms with E-state index in [1.807, 2.05) is 6.07 Å². The van der Waals surface area contributed by atoms with Crippen LogP contribution in [0.3, 0.4) is 0 Å². The molecule has 100 valence electrons. The third-order valence-corrected chi connectivity index (χ3v) is 2.98. The van der Waals surface area contributed by atoms with Gasteiger partial charge in [0, 0.05) is 12.4 Å². The molecule has 2 aromatic rings. The van der Waals surface area contributed by atoms with Gasteiger partial charge in [-0.15, -0.1) is 0 Å². The summed E-state index contributed by atoms with van der Waals surface area (Å²) in [7, 11) is 0. The minimum absolute atomic E-state index is 0.137. The van der Waals surface area contributed by atoms with Crippen molar-refractivity contribution in [3.05, 3.63) is 47.9 Å². The summed E-state index contributed by atoms with van der Waals surface area (Å²) in [5.74, 6) is -0.512. The Labute approximate surface area is 116 Å². The summed E-state index contributed by atoms with van der Waals surface area (Å²) < 4.78 is 20.1. The fourth-order valence-corrected chi connectivity index (χ4v) is 1.87. The molecule has 0 saturated heterocycles. The zero-order chi connectivity index (χ0) is 14.5. The SMILES string of the molecule is N#Cc1ccc(C(=O)Nc2cccnc2S(=O)O)cn1. The molecule has 0 saturated carbocycles. The van der Waals surface area contributed by atoms with Gasteiger partial charge in [-0.3, -0.25) is 4.79 Å². The Bertz CT molecular complexity index is 709. The molecule has 8 heteroatoms. The van der Waals surface area contributed by atoms with Crippen LogP contribution in [-0.2, 0) is 11.1 Å². The Morgan fingerprint density at radius 3 is 2.75 bits per heavy atom. The van der Waals surface area contributed by atoms with Gasteiger partial charge in [-0.05, 0) is 24.3 Å². The van der Waals surface area contributed by atoms with Crippen LogP contribution in [0.4, 0.5) is 5.69 Å². The molecule has 7 nitrogen and oxygen atoms in total.